The molecule has 4 rings (SSSR count). The zero-order valence-electron chi connectivity index (χ0n) is 20.0. The van der Waals surface area contributed by atoms with Gasteiger partial charge < -0.3 is 14.4 Å². The molecule has 0 bridgehead atoms. The van der Waals surface area contributed by atoms with Crippen LogP contribution in [0.4, 0.5) is 0 Å². The van der Waals surface area contributed by atoms with E-state index >= 15 is 0 Å². The molecule has 0 spiro atoms. The van der Waals surface area contributed by atoms with Crippen LogP contribution in [0, 0.1) is 0 Å². The van der Waals surface area contributed by atoms with Crippen LogP contribution in [-0.2, 0) is 9.84 Å². The number of piperazine rings is 1. The number of amides is 2. The number of fused-ring (bicyclic) bond motifs is 1. The maximum Gasteiger partial charge on any atom is 0.270 e. The number of hydrogen-bond acceptors (Lipinski definition) is 5. The lowest BCUT2D eigenvalue weighted by molar-refractivity contribution is 0.0595. The molecule has 33 heavy (non-hydrogen) atoms. The van der Waals surface area contributed by atoms with Gasteiger partial charge in [0.1, 0.15) is 5.69 Å². The van der Waals surface area contributed by atoms with E-state index in [0.29, 0.717) is 30.4 Å². The summed E-state index contributed by atoms with van der Waals surface area (Å²) in [5, 5.41) is 0.850. The molecule has 0 aliphatic carbocycles. The van der Waals surface area contributed by atoms with Crippen molar-refractivity contribution in [1.82, 2.24) is 19.3 Å². The first-order valence-corrected chi connectivity index (χ1v) is 13.6. The first-order valence-electron chi connectivity index (χ1n) is 11.8. The largest absolute Gasteiger partial charge is 0.336 e. The minimum absolute atomic E-state index is 0.00334. The number of benzene rings is 1. The van der Waals surface area contributed by atoms with Crippen molar-refractivity contribution in [3.8, 4) is 0 Å². The number of aromatic nitrogens is 1. The Balaban J connectivity index is 1.60. The molecule has 0 saturated carbocycles. The molecular formula is C24H34N4O4S. The van der Waals surface area contributed by atoms with E-state index < -0.39 is 9.84 Å². The van der Waals surface area contributed by atoms with Crippen LogP contribution in [0.3, 0.4) is 0 Å². The standard InChI is InChI=1S/C24H34N4O4S/c1-17(2)25-7-9-26(10-8-25)23(29)19-5-6-21-20(15-19)16-22(28(21)18(3)4)24(30)27-11-13-33(31,32)14-12-27/h5-6,15-18H,7-14H2,1-4H3. The molecule has 2 aromatic rings. The van der Waals surface area contributed by atoms with Crippen molar-refractivity contribution in [2.75, 3.05) is 50.8 Å². The number of rotatable bonds is 4. The van der Waals surface area contributed by atoms with Gasteiger partial charge in [-0.3, -0.25) is 14.5 Å². The van der Waals surface area contributed by atoms with Gasteiger partial charge in [0.05, 0.1) is 11.5 Å². The van der Waals surface area contributed by atoms with Crippen LogP contribution in [0.1, 0.15) is 54.6 Å². The molecule has 8 nitrogen and oxygen atoms in total. The summed E-state index contributed by atoms with van der Waals surface area (Å²) in [5.41, 5.74) is 2.07. The van der Waals surface area contributed by atoms with Crippen LogP contribution in [0.15, 0.2) is 24.3 Å². The highest BCUT2D eigenvalue weighted by Gasteiger charge is 2.29. The third-order valence-corrected chi connectivity index (χ3v) is 8.39. The molecule has 9 heteroatoms. The lowest BCUT2D eigenvalue weighted by Gasteiger charge is -2.37. The second-order valence-corrected chi connectivity index (χ2v) is 11.9. The number of sulfone groups is 1. The fourth-order valence-corrected chi connectivity index (χ4v) is 5.99. The number of hydrogen-bond donors (Lipinski definition) is 0. The van der Waals surface area contributed by atoms with Gasteiger partial charge in [-0.05, 0) is 52.0 Å². The summed E-state index contributed by atoms with van der Waals surface area (Å²) >= 11 is 0. The Kier molecular flexibility index (Phi) is 6.55. The van der Waals surface area contributed by atoms with Crippen LogP contribution < -0.4 is 0 Å². The monoisotopic (exact) mass is 474 g/mol. The van der Waals surface area contributed by atoms with Gasteiger partial charge in [-0.2, -0.15) is 0 Å². The highest BCUT2D eigenvalue weighted by Crippen LogP contribution is 2.27. The molecule has 2 amide bonds. The number of nitrogens with zero attached hydrogens (tertiary/aromatic N) is 4. The van der Waals surface area contributed by atoms with Gasteiger partial charge >= 0.3 is 0 Å². The molecule has 2 saturated heterocycles. The summed E-state index contributed by atoms with van der Waals surface area (Å²) in [6, 6.07) is 8.01. The fraction of sp³-hybridized carbons (Fsp3) is 0.583. The van der Waals surface area contributed by atoms with Crippen LogP contribution in [0.5, 0.6) is 0 Å². The Morgan fingerprint density at radius 2 is 1.39 bits per heavy atom. The Labute approximate surface area is 196 Å². The van der Waals surface area contributed by atoms with Crippen LogP contribution in [0.25, 0.3) is 10.9 Å². The molecule has 0 N–H and O–H groups in total. The lowest BCUT2D eigenvalue weighted by Crippen LogP contribution is -2.50. The maximum atomic E-state index is 13.3. The van der Waals surface area contributed by atoms with Gasteiger partial charge in [-0.15, -0.1) is 0 Å². The summed E-state index contributed by atoms with van der Waals surface area (Å²) in [6.07, 6.45) is 0. The minimum Gasteiger partial charge on any atom is -0.336 e. The molecule has 1 aromatic heterocycles. The highest BCUT2D eigenvalue weighted by atomic mass is 32.2. The van der Waals surface area contributed by atoms with Crippen molar-refractivity contribution in [1.29, 1.82) is 0 Å². The zero-order chi connectivity index (χ0) is 23.9. The van der Waals surface area contributed by atoms with Crippen molar-refractivity contribution < 1.29 is 18.0 Å². The van der Waals surface area contributed by atoms with E-state index in [1.165, 1.54) is 0 Å². The SMILES string of the molecule is CC(C)N1CCN(C(=O)c2ccc3c(c2)cc(C(=O)N2CCS(=O)(=O)CC2)n3C(C)C)CC1. The van der Waals surface area contributed by atoms with E-state index in [0.717, 1.165) is 24.0 Å². The summed E-state index contributed by atoms with van der Waals surface area (Å²) in [6.45, 7) is 12.0. The van der Waals surface area contributed by atoms with Crippen LogP contribution in [-0.4, -0.2) is 96.3 Å². The zero-order valence-corrected chi connectivity index (χ0v) is 20.8. The van der Waals surface area contributed by atoms with Crippen LogP contribution >= 0.6 is 0 Å². The molecule has 1 aromatic carbocycles. The molecule has 3 heterocycles. The average Bonchev–Trinajstić information content (AvgIpc) is 3.17. The maximum absolute atomic E-state index is 13.3. The molecule has 2 fully saturated rings. The average molecular weight is 475 g/mol. The van der Waals surface area contributed by atoms with E-state index in [9.17, 15) is 18.0 Å². The first-order chi connectivity index (χ1) is 15.6. The highest BCUT2D eigenvalue weighted by molar-refractivity contribution is 7.91. The van der Waals surface area contributed by atoms with Crippen molar-refractivity contribution in [2.45, 2.75) is 39.8 Å². The Bertz CT molecular complexity index is 1150. The van der Waals surface area contributed by atoms with Gasteiger partial charge in [-0.25, -0.2) is 8.42 Å². The molecule has 0 unspecified atom stereocenters. The van der Waals surface area contributed by atoms with E-state index in [1.54, 1.807) is 4.90 Å². The van der Waals surface area contributed by atoms with Gasteiger partial charge in [0.25, 0.3) is 11.8 Å². The van der Waals surface area contributed by atoms with E-state index in [2.05, 4.69) is 18.7 Å². The molecule has 0 atom stereocenters. The van der Waals surface area contributed by atoms with E-state index in [-0.39, 0.29) is 42.5 Å². The molecule has 2 aliphatic heterocycles. The second kappa shape index (κ2) is 9.10. The Morgan fingerprint density at radius 1 is 0.788 bits per heavy atom. The lowest BCUT2D eigenvalue weighted by atomic mass is 10.1. The quantitative estimate of drug-likeness (QED) is 0.679. The molecule has 2 aliphatic rings. The van der Waals surface area contributed by atoms with Crippen molar-refractivity contribution in [3.63, 3.8) is 0 Å². The topological polar surface area (TPSA) is 82.9 Å². The second-order valence-electron chi connectivity index (χ2n) is 9.63. The van der Waals surface area contributed by atoms with Crippen molar-refractivity contribution >= 4 is 32.6 Å². The smallest absolute Gasteiger partial charge is 0.270 e. The molecular weight excluding hydrogens is 440 g/mol. The fourth-order valence-electron chi connectivity index (χ4n) is 4.79. The summed E-state index contributed by atoms with van der Waals surface area (Å²) in [7, 11) is -3.06. The van der Waals surface area contributed by atoms with E-state index in [4.69, 9.17) is 0 Å². The molecule has 180 valence electrons. The summed E-state index contributed by atoms with van der Waals surface area (Å²) in [4.78, 5) is 32.3. The number of carbonyl (C=O) groups excluding carboxylic acids is 2. The van der Waals surface area contributed by atoms with Gasteiger partial charge in [0, 0.05) is 67.8 Å². The number of carbonyl (C=O) groups is 2. The molecule has 0 radical (unpaired) electrons. The Morgan fingerprint density at radius 3 is 1.97 bits per heavy atom. The summed E-state index contributed by atoms with van der Waals surface area (Å²) in [5.74, 6) is -0.133. The summed E-state index contributed by atoms with van der Waals surface area (Å²) < 4.78 is 25.5. The predicted octanol–water partition coefficient (Wildman–Crippen LogP) is 2.26. The first kappa shape index (κ1) is 23.8. The van der Waals surface area contributed by atoms with Gasteiger partial charge in [0.15, 0.2) is 9.84 Å². The van der Waals surface area contributed by atoms with Crippen molar-refractivity contribution in [3.05, 3.63) is 35.5 Å². The van der Waals surface area contributed by atoms with Gasteiger partial charge in [-0.1, -0.05) is 0 Å². The van der Waals surface area contributed by atoms with Crippen LogP contribution in [0.2, 0.25) is 0 Å². The third-order valence-electron chi connectivity index (χ3n) is 6.78. The minimum atomic E-state index is -3.06. The van der Waals surface area contributed by atoms with Crippen molar-refractivity contribution in [2.24, 2.45) is 0 Å². The third kappa shape index (κ3) is 4.80. The Hall–Kier alpha value is -2.39. The predicted molar refractivity (Wildman–Crippen MR) is 129 cm³/mol. The van der Waals surface area contributed by atoms with E-state index in [1.807, 2.05) is 47.6 Å². The van der Waals surface area contributed by atoms with Gasteiger partial charge in [0.2, 0.25) is 0 Å². The normalized spacial score (nSPS) is 19.6.